The summed E-state index contributed by atoms with van der Waals surface area (Å²) in [5.41, 5.74) is 1.36. The SMILES string of the molecule is CCOc1ccc([C@H](O)CN2CCC3(CC2)C[C@@H](O)c2ccc(OC)cc2O3)cc1. The number of methoxy groups -OCH3 is 1. The zero-order valence-corrected chi connectivity index (χ0v) is 17.7. The highest BCUT2D eigenvalue weighted by Crippen LogP contribution is 2.45. The number of rotatable bonds is 6. The van der Waals surface area contributed by atoms with Crippen molar-refractivity contribution in [1.82, 2.24) is 4.90 Å². The molecular formula is C24H31NO5. The molecule has 1 spiro atoms. The van der Waals surface area contributed by atoms with Crippen LogP contribution in [-0.4, -0.2) is 54.1 Å². The van der Waals surface area contributed by atoms with Crippen LogP contribution in [0.3, 0.4) is 0 Å². The number of hydrogen-bond donors (Lipinski definition) is 2. The van der Waals surface area contributed by atoms with Crippen LogP contribution in [0, 0.1) is 0 Å². The fourth-order valence-electron chi connectivity index (χ4n) is 4.49. The molecule has 0 aromatic heterocycles. The average molecular weight is 414 g/mol. The van der Waals surface area contributed by atoms with Gasteiger partial charge in [0, 0.05) is 37.7 Å². The van der Waals surface area contributed by atoms with Gasteiger partial charge in [0.2, 0.25) is 0 Å². The van der Waals surface area contributed by atoms with Crippen LogP contribution in [0.15, 0.2) is 42.5 Å². The first kappa shape index (κ1) is 21.0. The zero-order valence-electron chi connectivity index (χ0n) is 17.7. The monoisotopic (exact) mass is 413 g/mol. The standard InChI is InChI=1S/C24H31NO5/c1-3-29-18-6-4-17(5-7-18)22(27)16-25-12-10-24(11-13-25)15-21(26)20-9-8-19(28-2)14-23(20)30-24/h4-9,14,21-22,26-27H,3,10-13,15-16H2,1-2H3/t21-,22-/m1/s1. The molecule has 2 aromatic rings. The molecule has 2 N–H and O–H groups in total. The first-order valence-electron chi connectivity index (χ1n) is 10.7. The molecule has 4 rings (SSSR count). The largest absolute Gasteiger partial charge is 0.497 e. The zero-order chi connectivity index (χ0) is 21.1. The van der Waals surface area contributed by atoms with Gasteiger partial charge in [-0.15, -0.1) is 0 Å². The van der Waals surface area contributed by atoms with Crippen LogP contribution in [0.2, 0.25) is 0 Å². The van der Waals surface area contributed by atoms with Crippen molar-refractivity contribution in [2.75, 3.05) is 33.4 Å². The van der Waals surface area contributed by atoms with Crippen LogP contribution < -0.4 is 14.2 Å². The van der Waals surface area contributed by atoms with Crippen molar-refractivity contribution < 1.29 is 24.4 Å². The van der Waals surface area contributed by atoms with Crippen molar-refractivity contribution in [1.29, 1.82) is 0 Å². The van der Waals surface area contributed by atoms with E-state index >= 15 is 0 Å². The number of aliphatic hydroxyl groups is 2. The molecule has 162 valence electrons. The second-order valence-corrected chi connectivity index (χ2v) is 8.23. The summed E-state index contributed by atoms with van der Waals surface area (Å²) in [6, 6.07) is 13.2. The fraction of sp³-hybridized carbons (Fsp3) is 0.500. The second-order valence-electron chi connectivity index (χ2n) is 8.23. The van der Waals surface area contributed by atoms with E-state index in [1.54, 1.807) is 7.11 Å². The summed E-state index contributed by atoms with van der Waals surface area (Å²) in [5, 5.41) is 21.3. The van der Waals surface area contributed by atoms with E-state index in [0.29, 0.717) is 19.6 Å². The maximum Gasteiger partial charge on any atom is 0.129 e. The van der Waals surface area contributed by atoms with Gasteiger partial charge in [-0.2, -0.15) is 0 Å². The fourth-order valence-corrected chi connectivity index (χ4v) is 4.49. The highest BCUT2D eigenvalue weighted by Gasteiger charge is 2.43. The highest BCUT2D eigenvalue weighted by atomic mass is 16.5. The van der Waals surface area contributed by atoms with E-state index in [1.807, 2.05) is 49.4 Å². The second kappa shape index (κ2) is 8.84. The lowest BCUT2D eigenvalue weighted by atomic mass is 9.81. The maximum atomic E-state index is 10.7. The van der Waals surface area contributed by atoms with Crippen molar-refractivity contribution in [3.63, 3.8) is 0 Å². The van der Waals surface area contributed by atoms with Crippen LogP contribution in [0.4, 0.5) is 0 Å². The molecule has 0 radical (unpaired) electrons. The van der Waals surface area contributed by atoms with Crippen LogP contribution in [0.25, 0.3) is 0 Å². The number of piperidine rings is 1. The van der Waals surface area contributed by atoms with Crippen LogP contribution in [0.1, 0.15) is 49.5 Å². The molecular weight excluding hydrogens is 382 g/mol. The number of benzene rings is 2. The van der Waals surface area contributed by atoms with Gasteiger partial charge in [-0.05, 0) is 49.6 Å². The third-order valence-corrected chi connectivity index (χ3v) is 6.25. The predicted molar refractivity (Wildman–Crippen MR) is 114 cm³/mol. The third kappa shape index (κ3) is 4.41. The molecule has 0 bridgehead atoms. The molecule has 30 heavy (non-hydrogen) atoms. The topological polar surface area (TPSA) is 71.4 Å². The van der Waals surface area contributed by atoms with Gasteiger partial charge in [-0.1, -0.05) is 12.1 Å². The summed E-state index contributed by atoms with van der Waals surface area (Å²) in [6.45, 7) is 4.80. The van der Waals surface area contributed by atoms with E-state index in [2.05, 4.69) is 4.90 Å². The van der Waals surface area contributed by atoms with Gasteiger partial charge < -0.3 is 29.3 Å². The number of nitrogens with zero attached hydrogens (tertiary/aromatic N) is 1. The molecule has 6 heteroatoms. The molecule has 0 saturated carbocycles. The maximum absolute atomic E-state index is 10.7. The molecule has 1 saturated heterocycles. The third-order valence-electron chi connectivity index (χ3n) is 6.25. The lowest BCUT2D eigenvalue weighted by Crippen LogP contribution is -2.51. The van der Waals surface area contributed by atoms with Crippen molar-refractivity contribution in [2.45, 2.75) is 44.0 Å². The summed E-state index contributed by atoms with van der Waals surface area (Å²) in [6.07, 6.45) is 1.16. The minimum Gasteiger partial charge on any atom is -0.497 e. The van der Waals surface area contributed by atoms with Gasteiger partial charge in [0.1, 0.15) is 22.8 Å². The Hall–Kier alpha value is -2.28. The summed E-state index contributed by atoms with van der Waals surface area (Å²) < 4.78 is 17.2. The number of β-amino-alcohol motifs (C(OH)–C–C–N with tert-alkyl or cyclic N) is 1. The minimum absolute atomic E-state index is 0.362. The van der Waals surface area contributed by atoms with E-state index in [9.17, 15) is 10.2 Å². The van der Waals surface area contributed by atoms with Crippen molar-refractivity contribution in [3.8, 4) is 17.2 Å². The number of hydrogen-bond acceptors (Lipinski definition) is 6. The number of aliphatic hydroxyl groups excluding tert-OH is 2. The van der Waals surface area contributed by atoms with Gasteiger partial charge in [0.05, 0.1) is 25.9 Å². The molecule has 0 unspecified atom stereocenters. The lowest BCUT2D eigenvalue weighted by molar-refractivity contribution is -0.0588. The lowest BCUT2D eigenvalue weighted by Gasteiger charge is -2.46. The van der Waals surface area contributed by atoms with E-state index in [0.717, 1.165) is 54.3 Å². The van der Waals surface area contributed by atoms with Crippen molar-refractivity contribution >= 4 is 0 Å². The molecule has 0 aliphatic carbocycles. The van der Waals surface area contributed by atoms with Crippen molar-refractivity contribution in [3.05, 3.63) is 53.6 Å². The average Bonchev–Trinajstić information content (AvgIpc) is 2.76. The van der Waals surface area contributed by atoms with E-state index < -0.39 is 12.2 Å². The van der Waals surface area contributed by atoms with E-state index in [1.165, 1.54) is 0 Å². The molecule has 2 aliphatic heterocycles. The number of likely N-dealkylation sites (tertiary alicyclic amines) is 1. The Balaban J connectivity index is 1.36. The van der Waals surface area contributed by atoms with Crippen LogP contribution in [-0.2, 0) is 0 Å². The van der Waals surface area contributed by atoms with E-state index in [-0.39, 0.29) is 5.60 Å². The van der Waals surface area contributed by atoms with Gasteiger partial charge >= 0.3 is 0 Å². The molecule has 2 aliphatic rings. The molecule has 2 atom stereocenters. The van der Waals surface area contributed by atoms with Gasteiger partial charge in [0.25, 0.3) is 0 Å². The summed E-state index contributed by atoms with van der Waals surface area (Å²) >= 11 is 0. The molecule has 6 nitrogen and oxygen atoms in total. The first-order chi connectivity index (χ1) is 14.5. The minimum atomic E-state index is -0.544. The molecule has 0 amide bonds. The highest BCUT2D eigenvalue weighted by molar-refractivity contribution is 5.44. The molecule has 1 fully saturated rings. The normalized spacial score (nSPS) is 21.5. The summed E-state index contributed by atoms with van der Waals surface area (Å²) in [5.74, 6) is 2.27. The Morgan fingerprint density at radius 2 is 1.83 bits per heavy atom. The van der Waals surface area contributed by atoms with Crippen molar-refractivity contribution in [2.24, 2.45) is 0 Å². The summed E-state index contributed by atoms with van der Waals surface area (Å²) in [7, 11) is 1.63. The van der Waals surface area contributed by atoms with Crippen LogP contribution >= 0.6 is 0 Å². The van der Waals surface area contributed by atoms with Gasteiger partial charge in [-0.3, -0.25) is 0 Å². The number of fused-ring (bicyclic) bond motifs is 1. The Labute approximate surface area is 178 Å². The molecule has 2 aromatic carbocycles. The van der Waals surface area contributed by atoms with E-state index in [4.69, 9.17) is 14.2 Å². The van der Waals surface area contributed by atoms with Gasteiger partial charge in [0.15, 0.2) is 0 Å². The summed E-state index contributed by atoms with van der Waals surface area (Å²) in [4.78, 5) is 2.27. The molecule has 2 heterocycles. The quantitative estimate of drug-likeness (QED) is 0.756. The van der Waals surface area contributed by atoms with Crippen LogP contribution in [0.5, 0.6) is 17.2 Å². The van der Waals surface area contributed by atoms with Gasteiger partial charge in [-0.25, -0.2) is 0 Å². The first-order valence-corrected chi connectivity index (χ1v) is 10.7. The number of ether oxygens (including phenoxy) is 3. The Bertz CT molecular complexity index is 845. The Kier molecular flexibility index (Phi) is 6.18. The predicted octanol–water partition coefficient (Wildman–Crippen LogP) is 3.48. The smallest absolute Gasteiger partial charge is 0.129 e. The Morgan fingerprint density at radius 3 is 2.50 bits per heavy atom. The Morgan fingerprint density at radius 1 is 1.13 bits per heavy atom.